The van der Waals surface area contributed by atoms with E-state index in [-0.39, 0.29) is 23.1 Å². The summed E-state index contributed by atoms with van der Waals surface area (Å²) in [7, 11) is 0. The Bertz CT molecular complexity index is 1170. The van der Waals surface area contributed by atoms with Gasteiger partial charge in [-0.25, -0.2) is 0 Å². The average Bonchev–Trinajstić information content (AvgIpc) is 3.57. The minimum atomic E-state index is -0.243. The Morgan fingerprint density at radius 2 is 1.71 bits per heavy atom. The maximum Gasteiger partial charge on any atom is 0.273 e. The van der Waals surface area contributed by atoms with Crippen molar-refractivity contribution in [1.82, 2.24) is 15.4 Å². The number of nitrogens with zero attached hydrogens (tertiary/aromatic N) is 2. The molecule has 0 spiro atoms. The SMILES string of the molecule is CC(C)(C)c1ccc([C@H](CNC(=O)c2cc(-c3ccc4c(c3)OCCO4)on2)N2CCCC2)cc1. The first-order chi connectivity index (χ1) is 16.9. The number of carbonyl (C=O) groups excluding carboxylic acids is 1. The van der Waals surface area contributed by atoms with Crippen LogP contribution in [0.3, 0.4) is 0 Å². The van der Waals surface area contributed by atoms with Crippen molar-refractivity contribution in [1.29, 1.82) is 0 Å². The number of hydrogen-bond donors (Lipinski definition) is 1. The fourth-order valence-electron chi connectivity index (χ4n) is 4.71. The summed E-state index contributed by atoms with van der Waals surface area (Å²) in [5.41, 5.74) is 3.68. The second-order valence-electron chi connectivity index (χ2n) is 10.3. The van der Waals surface area contributed by atoms with Gasteiger partial charge in [-0.2, -0.15) is 0 Å². The number of likely N-dealkylation sites (tertiary alicyclic amines) is 1. The lowest BCUT2D eigenvalue weighted by molar-refractivity contribution is 0.0929. The van der Waals surface area contributed by atoms with Crippen LogP contribution in [0.5, 0.6) is 11.5 Å². The van der Waals surface area contributed by atoms with Crippen LogP contribution in [0.25, 0.3) is 11.3 Å². The zero-order valence-corrected chi connectivity index (χ0v) is 20.7. The average molecular weight is 476 g/mol. The van der Waals surface area contributed by atoms with Gasteiger partial charge < -0.3 is 19.3 Å². The van der Waals surface area contributed by atoms with Crippen LogP contribution in [-0.2, 0) is 5.41 Å². The number of rotatable bonds is 6. The van der Waals surface area contributed by atoms with E-state index < -0.39 is 0 Å². The van der Waals surface area contributed by atoms with Crippen molar-refractivity contribution in [2.45, 2.75) is 45.1 Å². The van der Waals surface area contributed by atoms with Crippen LogP contribution in [0.15, 0.2) is 53.1 Å². The van der Waals surface area contributed by atoms with E-state index >= 15 is 0 Å². The molecular formula is C28H33N3O4. The fourth-order valence-corrected chi connectivity index (χ4v) is 4.71. The highest BCUT2D eigenvalue weighted by Crippen LogP contribution is 2.35. The van der Waals surface area contributed by atoms with E-state index in [4.69, 9.17) is 14.0 Å². The zero-order chi connectivity index (χ0) is 24.4. The van der Waals surface area contributed by atoms with Crippen LogP contribution < -0.4 is 14.8 Å². The van der Waals surface area contributed by atoms with E-state index in [2.05, 4.69) is 60.4 Å². The zero-order valence-electron chi connectivity index (χ0n) is 20.7. The lowest BCUT2D eigenvalue weighted by atomic mass is 9.86. The fraction of sp³-hybridized carbons (Fsp3) is 0.429. The van der Waals surface area contributed by atoms with Crippen LogP contribution in [0.4, 0.5) is 0 Å². The molecule has 1 aromatic heterocycles. The minimum Gasteiger partial charge on any atom is -0.486 e. The van der Waals surface area contributed by atoms with E-state index in [9.17, 15) is 4.79 Å². The maximum absolute atomic E-state index is 13.0. The van der Waals surface area contributed by atoms with Gasteiger partial charge in [-0.3, -0.25) is 9.69 Å². The third-order valence-corrected chi connectivity index (χ3v) is 6.77. The highest BCUT2D eigenvalue weighted by atomic mass is 16.6. The van der Waals surface area contributed by atoms with E-state index in [0.29, 0.717) is 37.0 Å². The van der Waals surface area contributed by atoms with Crippen LogP contribution in [-0.4, -0.2) is 48.8 Å². The van der Waals surface area contributed by atoms with Gasteiger partial charge in [-0.05, 0) is 60.7 Å². The van der Waals surface area contributed by atoms with Crippen molar-refractivity contribution in [2.75, 3.05) is 32.8 Å². The quantitative estimate of drug-likeness (QED) is 0.542. The van der Waals surface area contributed by atoms with E-state index in [1.807, 2.05) is 18.2 Å². The summed E-state index contributed by atoms with van der Waals surface area (Å²) in [5.74, 6) is 1.65. The summed E-state index contributed by atoms with van der Waals surface area (Å²) in [4.78, 5) is 15.4. The number of carbonyl (C=O) groups is 1. The second-order valence-corrected chi connectivity index (χ2v) is 10.3. The molecule has 1 saturated heterocycles. The molecule has 7 nitrogen and oxygen atoms in total. The first kappa shape index (κ1) is 23.4. The minimum absolute atomic E-state index is 0.109. The molecule has 0 unspecified atom stereocenters. The molecule has 3 heterocycles. The van der Waals surface area contributed by atoms with Gasteiger partial charge in [0.25, 0.3) is 5.91 Å². The largest absolute Gasteiger partial charge is 0.486 e. The highest BCUT2D eigenvalue weighted by Gasteiger charge is 2.25. The molecule has 1 N–H and O–H groups in total. The third-order valence-electron chi connectivity index (χ3n) is 6.77. The lowest BCUT2D eigenvalue weighted by Crippen LogP contribution is -2.37. The molecule has 1 atom stereocenters. The number of amides is 1. The van der Waals surface area contributed by atoms with Crippen molar-refractivity contribution in [2.24, 2.45) is 0 Å². The molecule has 3 aromatic rings. The van der Waals surface area contributed by atoms with Crippen LogP contribution in [0.2, 0.25) is 0 Å². The normalized spacial score (nSPS) is 16.8. The number of benzene rings is 2. The molecule has 1 amide bonds. The molecular weight excluding hydrogens is 442 g/mol. The number of aromatic nitrogens is 1. The Labute approximate surface area is 206 Å². The number of ether oxygens (including phenoxy) is 2. The Morgan fingerprint density at radius 1 is 1.00 bits per heavy atom. The number of hydrogen-bond acceptors (Lipinski definition) is 6. The van der Waals surface area contributed by atoms with Crippen molar-refractivity contribution >= 4 is 5.91 Å². The molecule has 7 heteroatoms. The van der Waals surface area contributed by atoms with Gasteiger partial charge >= 0.3 is 0 Å². The second kappa shape index (κ2) is 9.74. The Hall–Kier alpha value is -3.32. The Morgan fingerprint density at radius 3 is 2.43 bits per heavy atom. The first-order valence-electron chi connectivity index (χ1n) is 12.4. The van der Waals surface area contributed by atoms with Crippen molar-refractivity contribution < 1.29 is 18.8 Å². The number of fused-ring (bicyclic) bond motifs is 1. The van der Waals surface area contributed by atoms with Gasteiger partial charge in [-0.1, -0.05) is 50.2 Å². The predicted octanol–water partition coefficient (Wildman–Crippen LogP) is 4.98. The van der Waals surface area contributed by atoms with Gasteiger partial charge in [-0.15, -0.1) is 0 Å². The number of nitrogens with one attached hydrogen (secondary N) is 1. The molecule has 184 valence electrons. The third kappa shape index (κ3) is 5.20. The van der Waals surface area contributed by atoms with Gasteiger partial charge in [0.2, 0.25) is 0 Å². The summed E-state index contributed by atoms with van der Waals surface area (Å²) in [6.07, 6.45) is 2.37. The standard InChI is InChI=1S/C28H33N3O4/c1-28(2,3)21-9-6-19(7-10-21)23(31-12-4-5-13-31)18-29-27(32)22-17-25(35-30-22)20-8-11-24-26(16-20)34-15-14-33-24/h6-11,16-17,23H,4-5,12-15,18H2,1-3H3,(H,29,32)/t23-/m0/s1. The molecule has 0 bridgehead atoms. The van der Waals surface area contributed by atoms with Gasteiger partial charge in [0, 0.05) is 18.2 Å². The molecule has 0 saturated carbocycles. The summed E-state index contributed by atoms with van der Waals surface area (Å²) in [5, 5.41) is 7.10. The van der Waals surface area contributed by atoms with Crippen LogP contribution in [0, 0.1) is 0 Å². The molecule has 0 radical (unpaired) electrons. The lowest BCUT2D eigenvalue weighted by Gasteiger charge is -2.29. The van der Waals surface area contributed by atoms with Crippen molar-refractivity contribution in [3.05, 3.63) is 65.4 Å². The highest BCUT2D eigenvalue weighted by molar-refractivity contribution is 5.93. The monoisotopic (exact) mass is 475 g/mol. The molecule has 0 aliphatic carbocycles. The van der Waals surface area contributed by atoms with Crippen LogP contribution >= 0.6 is 0 Å². The van der Waals surface area contributed by atoms with Crippen molar-refractivity contribution in [3.8, 4) is 22.8 Å². The molecule has 2 aliphatic heterocycles. The Balaban J connectivity index is 1.28. The molecule has 2 aromatic carbocycles. The smallest absolute Gasteiger partial charge is 0.273 e. The molecule has 5 rings (SSSR count). The van der Waals surface area contributed by atoms with Crippen LogP contribution in [0.1, 0.15) is 61.3 Å². The summed E-state index contributed by atoms with van der Waals surface area (Å²) < 4.78 is 16.7. The van der Waals surface area contributed by atoms with Gasteiger partial charge in [0.15, 0.2) is 23.0 Å². The summed E-state index contributed by atoms with van der Waals surface area (Å²) in [6.45, 7) is 10.3. The predicted molar refractivity (Wildman–Crippen MR) is 134 cm³/mol. The first-order valence-corrected chi connectivity index (χ1v) is 12.4. The molecule has 35 heavy (non-hydrogen) atoms. The van der Waals surface area contributed by atoms with Gasteiger partial charge in [0.1, 0.15) is 13.2 Å². The topological polar surface area (TPSA) is 76.8 Å². The Kier molecular flexibility index (Phi) is 6.52. The van der Waals surface area contributed by atoms with Crippen molar-refractivity contribution in [3.63, 3.8) is 0 Å². The molecule has 2 aliphatic rings. The summed E-state index contributed by atoms with van der Waals surface area (Å²) >= 11 is 0. The van der Waals surface area contributed by atoms with E-state index in [1.165, 1.54) is 24.0 Å². The maximum atomic E-state index is 13.0. The van der Waals surface area contributed by atoms with E-state index in [1.54, 1.807) is 6.07 Å². The molecule has 1 fully saturated rings. The summed E-state index contributed by atoms with van der Waals surface area (Å²) in [6, 6.07) is 16.2. The van der Waals surface area contributed by atoms with Gasteiger partial charge in [0.05, 0.1) is 6.04 Å². The van der Waals surface area contributed by atoms with E-state index in [0.717, 1.165) is 18.7 Å².